The van der Waals surface area contributed by atoms with Gasteiger partial charge in [0.15, 0.2) is 0 Å². The second kappa shape index (κ2) is 2.76. The monoisotopic (exact) mass is 206 g/mol. The van der Waals surface area contributed by atoms with Crippen LogP contribution in [0, 0.1) is 5.92 Å². The molecule has 0 heterocycles. The van der Waals surface area contributed by atoms with Crippen LogP contribution in [0.2, 0.25) is 0 Å². The van der Waals surface area contributed by atoms with Crippen LogP contribution in [0.4, 0.5) is 0 Å². The van der Waals surface area contributed by atoms with E-state index in [0.717, 1.165) is 17.7 Å². The maximum absolute atomic E-state index is 5.98. The first-order valence-corrected chi connectivity index (χ1v) is 5.97. The fourth-order valence-electron chi connectivity index (χ4n) is 3.31. The van der Waals surface area contributed by atoms with Gasteiger partial charge in [-0.15, -0.1) is 11.6 Å². The first-order valence-electron chi connectivity index (χ1n) is 5.43. The molecule has 0 N–H and O–H groups in total. The molecule has 1 heteroatoms. The van der Waals surface area contributed by atoms with Gasteiger partial charge in [0.05, 0.1) is 0 Å². The van der Waals surface area contributed by atoms with Gasteiger partial charge in [-0.25, -0.2) is 0 Å². The first-order chi connectivity index (χ1) is 6.78. The molecule has 14 heavy (non-hydrogen) atoms. The Morgan fingerprint density at radius 2 is 2.14 bits per heavy atom. The number of hydrogen-bond acceptors (Lipinski definition) is 0. The molecular weight excluding hydrogens is 192 g/mol. The minimum atomic E-state index is 0.484. The van der Waals surface area contributed by atoms with Crippen LogP contribution in [0.1, 0.15) is 36.8 Å². The van der Waals surface area contributed by atoms with Crippen LogP contribution in [0.5, 0.6) is 0 Å². The zero-order chi connectivity index (χ0) is 9.76. The van der Waals surface area contributed by atoms with Gasteiger partial charge in [0, 0.05) is 11.3 Å². The molecule has 1 fully saturated rings. The molecule has 1 saturated carbocycles. The van der Waals surface area contributed by atoms with Gasteiger partial charge in [0.1, 0.15) is 0 Å². The third-order valence-corrected chi connectivity index (χ3v) is 4.49. The normalized spacial score (nSPS) is 38.7. The molecule has 3 atom stereocenters. The van der Waals surface area contributed by atoms with Crippen LogP contribution in [-0.2, 0) is 5.41 Å². The maximum atomic E-state index is 5.98. The largest absolute Gasteiger partial charge is 0.126 e. The second-order valence-corrected chi connectivity index (χ2v) is 5.21. The Hall–Kier alpha value is -0.490. The van der Waals surface area contributed by atoms with Crippen molar-refractivity contribution in [3.63, 3.8) is 0 Å². The van der Waals surface area contributed by atoms with Gasteiger partial charge in [-0.05, 0) is 35.8 Å². The Morgan fingerprint density at radius 1 is 1.36 bits per heavy atom. The van der Waals surface area contributed by atoms with Crippen molar-refractivity contribution >= 4 is 11.6 Å². The number of alkyl halides is 1. The van der Waals surface area contributed by atoms with E-state index in [1.54, 1.807) is 11.1 Å². The highest BCUT2D eigenvalue weighted by molar-refractivity contribution is 6.18. The zero-order valence-electron chi connectivity index (χ0n) is 8.46. The van der Waals surface area contributed by atoms with Crippen LogP contribution >= 0.6 is 11.6 Å². The average molecular weight is 207 g/mol. The molecular formula is C13H15Cl. The molecule has 0 saturated heterocycles. The quantitative estimate of drug-likeness (QED) is 0.615. The first kappa shape index (κ1) is 8.79. The average Bonchev–Trinajstić information content (AvgIpc) is 2.84. The van der Waals surface area contributed by atoms with Gasteiger partial charge in [-0.2, -0.15) is 0 Å². The SMILES string of the molecule is CC1CC2(CC2CCl)c2ccccc21. The van der Waals surface area contributed by atoms with Crippen molar-refractivity contribution in [2.75, 3.05) is 5.88 Å². The fraction of sp³-hybridized carbons (Fsp3) is 0.538. The van der Waals surface area contributed by atoms with Gasteiger partial charge in [-0.1, -0.05) is 31.2 Å². The Morgan fingerprint density at radius 3 is 2.86 bits per heavy atom. The Balaban J connectivity index is 2.07. The summed E-state index contributed by atoms with van der Waals surface area (Å²) >= 11 is 5.98. The van der Waals surface area contributed by atoms with E-state index in [0.29, 0.717) is 5.41 Å². The van der Waals surface area contributed by atoms with Crippen molar-refractivity contribution in [2.45, 2.75) is 31.1 Å². The highest BCUT2D eigenvalue weighted by Crippen LogP contribution is 2.64. The van der Waals surface area contributed by atoms with E-state index in [2.05, 4.69) is 31.2 Å². The molecule has 0 radical (unpaired) electrons. The molecule has 0 amide bonds. The van der Waals surface area contributed by atoms with E-state index in [4.69, 9.17) is 11.6 Å². The molecule has 3 unspecified atom stereocenters. The van der Waals surface area contributed by atoms with Crippen LogP contribution < -0.4 is 0 Å². The Bertz CT molecular complexity index is 371. The van der Waals surface area contributed by atoms with Gasteiger partial charge >= 0.3 is 0 Å². The molecule has 1 aromatic rings. The summed E-state index contributed by atoms with van der Waals surface area (Å²) in [5.41, 5.74) is 3.65. The smallest absolute Gasteiger partial charge is 0.0260 e. The molecule has 1 spiro atoms. The molecule has 0 bridgehead atoms. The highest BCUT2D eigenvalue weighted by atomic mass is 35.5. The van der Waals surface area contributed by atoms with E-state index >= 15 is 0 Å². The van der Waals surface area contributed by atoms with E-state index < -0.39 is 0 Å². The van der Waals surface area contributed by atoms with Crippen molar-refractivity contribution < 1.29 is 0 Å². The third kappa shape index (κ3) is 0.954. The molecule has 74 valence electrons. The summed E-state index contributed by atoms with van der Waals surface area (Å²) in [6, 6.07) is 8.93. The summed E-state index contributed by atoms with van der Waals surface area (Å²) in [5, 5.41) is 0. The second-order valence-electron chi connectivity index (χ2n) is 4.90. The van der Waals surface area contributed by atoms with E-state index in [-0.39, 0.29) is 0 Å². The summed E-state index contributed by atoms with van der Waals surface area (Å²) < 4.78 is 0. The number of hydrogen-bond donors (Lipinski definition) is 0. The number of rotatable bonds is 1. The van der Waals surface area contributed by atoms with E-state index in [1.165, 1.54) is 12.8 Å². The third-order valence-electron chi connectivity index (χ3n) is 4.12. The van der Waals surface area contributed by atoms with Gasteiger partial charge < -0.3 is 0 Å². The molecule has 2 aliphatic carbocycles. The highest BCUT2D eigenvalue weighted by Gasteiger charge is 2.58. The Labute approximate surface area is 90.3 Å². The van der Waals surface area contributed by atoms with Crippen LogP contribution in [-0.4, -0.2) is 5.88 Å². The van der Waals surface area contributed by atoms with Crippen molar-refractivity contribution in [3.8, 4) is 0 Å². The summed E-state index contributed by atoms with van der Waals surface area (Å²) in [5.74, 6) is 2.32. The van der Waals surface area contributed by atoms with E-state index in [9.17, 15) is 0 Å². The lowest BCUT2D eigenvalue weighted by Gasteiger charge is -2.09. The predicted molar refractivity (Wildman–Crippen MR) is 60.0 cm³/mol. The summed E-state index contributed by atoms with van der Waals surface area (Å²) in [6.45, 7) is 2.34. The lowest BCUT2D eigenvalue weighted by Crippen LogP contribution is -2.05. The lowest BCUT2D eigenvalue weighted by molar-refractivity contribution is 0.575. The van der Waals surface area contributed by atoms with E-state index in [1.807, 2.05) is 0 Å². The standard InChI is InChI=1S/C13H15Cl/c1-9-6-13(7-10(13)8-14)12-5-3-2-4-11(9)12/h2-5,9-10H,6-8H2,1H3. The molecule has 2 aliphatic rings. The minimum absolute atomic E-state index is 0.484. The molecule has 0 aromatic heterocycles. The van der Waals surface area contributed by atoms with Crippen LogP contribution in [0.15, 0.2) is 24.3 Å². The van der Waals surface area contributed by atoms with Gasteiger partial charge in [0.2, 0.25) is 0 Å². The van der Waals surface area contributed by atoms with Crippen molar-refractivity contribution in [1.82, 2.24) is 0 Å². The number of benzene rings is 1. The molecule has 1 aromatic carbocycles. The van der Waals surface area contributed by atoms with Crippen molar-refractivity contribution in [1.29, 1.82) is 0 Å². The van der Waals surface area contributed by atoms with Crippen molar-refractivity contribution in [2.24, 2.45) is 5.92 Å². The Kier molecular flexibility index (Phi) is 1.73. The maximum Gasteiger partial charge on any atom is 0.0260 e. The van der Waals surface area contributed by atoms with Crippen molar-refractivity contribution in [3.05, 3.63) is 35.4 Å². The van der Waals surface area contributed by atoms with Crippen LogP contribution in [0.25, 0.3) is 0 Å². The summed E-state index contributed by atoms with van der Waals surface area (Å²) in [6.07, 6.45) is 2.64. The molecule has 0 aliphatic heterocycles. The predicted octanol–water partition coefficient (Wildman–Crippen LogP) is 3.69. The number of halogens is 1. The molecule has 0 nitrogen and oxygen atoms in total. The minimum Gasteiger partial charge on any atom is -0.126 e. The molecule has 3 rings (SSSR count). The summed E-state index contributed by atoms with van der Waals surface area (Å²) in [4.78, 5) is 0. The zero-order valence-corrected chi connectivity index (χ0v) is 9.22. The topological polar surface area (TPSA) is 0 Å². The van der Waals surface area contributed by atoms with Gasteiger partial charge in [-0.3, -0.25) is 0 Å². The van der Waals surface area contributed by atoms with Gasteiger partial charge in [0.25, 0.3) is 0 Å². The number of fused-ring (bicyclic) bond motifs is 2. The summed E-state index contributed by atoms with van der Waals surface area (Å²) in [7, 11) is 0. The van der Waals surface area contributed by atoms with Crippen LogP contribution in [0.3, 0.4) is 0 Å². The fourth-order valence-corrected chi connectivity index (χ4v) is 3.71. The lowest BCUT2D eigenvalue weighted by atomic mass is 9.96.